The molecule has 1 heterocycles. The van der Waals surface area contributed by atoms with Crippen LogP contribution in [0, 0.1) is 0 Å². The highest BCUT2D eigenvalue weighted by Crippen LogP contribution is 2.28. The first-order chi connectivity index (χ1) is 13.9. The van der Waals surface area contributed by atoms with E-state index in [0.717, 1.165) is 5.56 Å². The van der Waals surface area contributed by atoms with Gasteiger partial charge in [0.1, 0.15) is 5.75 Å². The number of amides is 3. The van der Waals surface area contributed by atoms with Gasteiger partial charge in [-0.15, -0.1) is 0 Å². The number of nitrogens with zero attached hydrogens (tertiary/aromatic N) is 1. The molecule has 148 valence electrons. The molecule has 0 spiro atoms. The summed E-state index contributed by atoms with van der Waals surface area (Å²) in [6, 6.07) is 15.1. The van der Waals surface area contributed by atoms with Crippen molar-refractivity contribution >= 4 is 28.8 Å². The SMILES string of the molecule is COc1ccc2nc(-c3ccccc3)cc(C(=O)O[C@@H](C)C(=O)NC(N)=O)c2c1. The second kappa shape index (κ2) is 8.39. The Morgan fingerprint density at radius 2 is 1.79 bits per heavy atom. The molecule has 1 atom stereocenters. The minimum Gasteiger partial charge on any atom is -0.497 e. The molecule has 29 heavy (non-hydrogen) atoms. The highest BCUT2D eigenvalue weighted by Gasteiger charge is 2.22. The minimum atomic E-state index is -1.22. The summed E-state index contributed by atoms with van der Waals surface area (Å²) in [7, 11) is 1.52. The third-order valence-corrected chi connectivity index (χ3v) is 4.20. The molecule has 0 aliphatic rings. The third kappa shape index (κ3) is 4.49. The van der Waals surface area contributed by atoms with E-state index in [0.29, 0.717) is 22.3 Å². The van der Waals surface area contributed by atoms with Gasteiger partial charge in [0.15, 0.2) is 6.10 Å². The second-order valence-corrected chi connectivity index (χ2v) is 6.21. The molecule has 0 saturated carbocycles. The number of primary amides is 1. The Morgan fingerprint density at radius 3 is 2.45 bits per heavy atom. The number of carbonyl (C=O) groups is 3. The fraction of sp³-hybridized carbons (Fsp3) is 0.143. The van der Waals surface area contributed by atoms with E-state index >= 15 is 0 Å². The quantitative estimate of drug-likeness (QED) is 0.643. The Hall–Kier alpha value is -3.94. The maximum absolute atomic E-state index is 12.9. The van der Waals surface area contributed by atoms with Crippen LogP contribution in [0.5, 0.6) is 5.75 Å². The lowest BCUT2D eigenvalue weighted by molar-refractivity contribution is -0.127. The van der Waals surface area contributed by atoms with Gasteiger partial charge in [-0.2, -0.15) is 0 Å². The Morgan fingerprint density at radius 1 is 1.07 bits per heavy atom. The van der Waals surface area contributed by atoms with Crippen molar-refractivity contribution in [1.29, 1.82) is 0 Å². The summed E-state index contributed by atoms with van der Waals surface area (Å²) in [5.74, 6) is -1.01. The summed E-state index contributed by atoms with van der Waals surface area (Å²) in [5.41, 5.74) is 7.10. The number of nitrogens with two attached hydrogens (primary N) is 1. The lowest BCUT2D eigenvalue weighted by atomic mass is 10.0. The first-order valence-electron chi connectivity index (χ1n) is 8.74. The summed E-state index contributed by atoms with van der Waals surface area (Å²) >= 11 is 0. The predicted molar refractivity (Wildman–Crippen MR) is 106 cm³/mol. The van der Waals surface area contributed by atoms with Crippen LogP contribution in [0.2, 0.25) is 0 Å². The van der Waals surface area contributed by atoms with E-state index in [1.54, 1.807) is 24.3 Å². The molecule has 3 amide bonds. The van der Waals surface area contributed by atoms with Gasteiger partial charge in [-0.1, -0.05) is 30.3 Å². The number of esters is 1. The molecule has 8 nitrogen and oxygen atoms in total. The van der Waals surface area contributed by atoms with Crippen LogP contribution >= 0.6 is 0 Å². The molecule has 0 unspecified atom stereocenters. The lowest BCUT2D eigenvalue weighted by Gasteiger charge is -2.14. The number of urea groups is 1. The Kier molecular flexibility index (Phi) is 5.73. The van der Waals surface area contributed by atoms with Gasteiger partial charge in [-0.3, -0.25) is 10.1 Å². The molecule has 8 heteroatoms. The number of benzene rings is 2. The smallest absolute Gasteiger partial charge is 0.339 e. The third-order valence-electron chi connectivity index (χ3n) is 4.20. The van der Waals surface area contributed by atoms with Gasteiger partial charge in [0, 0.05) is 10.9 Å². The Balaban J connectivity index is 2.04. The highest BCUT2D eigenvalue weighted by molar-refractivity contribution is 6.06. The number of fused-ring (bicyclic) bond motifs is 1. The standard InChI is InChI=1S/C21H19N3O5/c1-12(19(25)24-21(22)27)29-20(26)16-11-18(13-6-4-3-5-7-13)23-17-9-8-14(28-2)10-15(16)17/h3-12H,1-2H3,(H3,22,24,25,27)/t12-/m0/s1. The van der Waals surface area contributed by atoms with Gasteiger partial charge in [-0.05, 0) is 31.2 Å². The summed E-state index contributed by atoms with van der Waals surface area (Å²) in [5, 5.41) is 2.39. The van der Waals surface area contributed by atoms with Crippen molar-refractivity contribution in [1.82, 2.24) is 10.3 Å². The summed E-state index contributed by atoms with van der Waals surface area (Å²) < 4.78 is 10.5. The normalized spacial score (nSPS) is 11.5. The van der Waals surface area contributed by atoms with Crippen LogP contribution in [-0.4, -0.2) is 36.1 Å². The lowest BCUT2D eigenvalue weighted by Crippen LogP contribution is -2.42. The predicted octanol–water partition coefficient (Wildman–Crippen LogP) is 2.65. The summed E-state index contributed by atoms with van der Waals surface area (Å²) in [6.07, 6.45) is -1.22. The van der Waals surface area contributed by atoms with Gasteiger partial charge in [-0.25, -0.2) is 14.6 Å². The topological polar surface area (TPSA) is 121 Å². The average molecular weight is 393 g/mol. The first kappa shape index (κ1) is 19.8. The minimum absolute atomic E-state index is 0.214. The van der Waals surface area contributed by atoms with E-state index in [2.05, 4.69) is 4.98 Å². The maximum Gasteiger partial charge on any atom is 0.339 e. The number of nitrogens with one attached hydrogen (secondary N) is 1. The van der Waals surface area contributed by atoms with Crippen LogP contribution in [-0.2, 0) is 9.53 Å². The van der Waals surface area contributed by atoms with Gasteiger partial charge in [0.05, 0.1) is 23.9 Å². The second-order valence-electron chi connectivity index (χ2n) is 6.21. The number of carbonyl (C=O) groups excluding carboxylic acids is 3. The van der Waals surface area contributed by atoms with Crippen LogP contribution in [0.1, 0.15) is 17.3 Å². The molecule has 1 aromatic heterocycles. The van der Waals surface area contributed by atoms with Crippen molar-refractivity contribution in [2.45, 2.75) is 13.0 Å². The summed E-state index contributed by atoms with van der Waals surface area (Å²) in [4.78, 5) is 40.2. The van der Waals surface area contributed by atoms with Gasteiger partial charge >= 0.3 is 12.0 Å². The number of methoxy groups -OCH3 is 1. The van der Waals surface area contributed by atoms with Crippen molar-refractivity contribution < 1.29 is 23.9 Å². The molecular weight excluding hydrogens is 374 g/mol. The fourth-order valence-electron chi connectivity index (χ4n) is 2.76. The van der Waals surface area contributed by atoms with Crippen molar-refractivity contribution in [3.05, 3.63) is 60.2 Å². The van der Waals surface area contributed by atoms with Crippen LogP contribution in [0.25, 0.3) is 22.2 Å². The molecule has 0 aliphatic heterocycles. The number of imide groups is 1. The van der Waals surface area contributed by atoms with Crippen molar-refractivity contribution in [2.75, 3.05) is 7.11 Å². The van der Waals surface area contributed by atoms with Gasteiger partial charge < -0.3 is 15.2 Å². The Bertz CT molecular complexity index is 1080. The van der Waals surface area contributed by atoms with Gasteiger partial charge in [0.25, 0.3) is 5.91 Å². The van der Waals surface area contributed by atoms with Crippen molar-refractivity contribution in [3.8, 4) is 17.0 Å². The number of hydrogen-bond acceptors (Lipinski definition) is 6. The molecule has 0 radical (unpaired) electrons. The molecule has 0 fully saturated rings. The molecule has 3 rings (SSSR count). The summed E-state index contributed by atoms with van der Waals surface area (Å²) in [6.45, 7) is 1.35. The number of ether oxygens (including phenoxy) is 2. The molecular formula is C21H19N3O5. The Labute approximate surface area is 166 Å². The van der Waals surface area contributed by atoms with Crippen molar-refractivity contribution in [3.63, 3.8) is 0 Å². The maximum atomic E-state index is 12.9. The van der Waals surface area contributed by atoms with Crippen molar-refractivity contribution in [2.24, 2.45) is 5.73 Å². The van der Waals surface area contributed by atoms with E-state index in [1.807, 2.05) is 35.6 Å². The monoisotopic (exact) mass is 393 g/mol. The molecule has 0 saturated heterocycles. The highest BCUT2D eigenvalue weighted by atomic mass is 16.5. The largest absolute Gasteiger partial charge is 0.497 e. The molecule has 2 aromatic carbocycles. The van der Waals surface area contributed by atoms with E-state index in [4.69, 9.17) is 15.2 Å². The van der Waals surface area contributed by atoms with E-state index in [1.165, 1.54) is 14.0 Å². The molecule has 3 N–H and O–H groups in total. The number of hydrogen-bond donors (Lipinski definition) is 2. The van der Waals surface area contributed by atoms with E-state index in [-0.39, 0.29) is 5.56 Å². The van der Waals surface area contributed by atoms with E-state index in [9.17, 15) is 14.4 Å². The van der Waals surface area contributed by atoms with Crippen LogP contribution in [0.3, 0.4) is 0 Å². The number of aromatic nitrogens is 1. The van der Waals surface area contributed by atoms with Gasteiger partial charge in [0.2, 0.25) is 0 Å². The molecule has 0 aliphatic carbocycles. The van der Waals surface area contributed by atoms with E-state index < -0.39 is 24.0 Å². The zero-order chi connectivity index (χ0) is 21.0. The van der Waals surface area contributed by atoms with Crippen LogP contribution in [0.4, 0.5) is 4.79 Å². The molecule has 0 bridgehead atoms. The fourth-order valence-corrected chi connectivity index (χ4v) is 2.76. The first-order valence-corrected chi connectivity index (χ1v) is 8.74. The number of pyridine rings is 1. The number of rotatable bonds is 5. The molecule has 3 aromatic rings. The van der Waals surface area contributed by atoms with Crippen LogP contribution < -0.4 is 15.8 Å². The van der Waals surface area contributed by atoms with Crippen LogP contribution in [0.15, 0.2) is 54.6 Å². The zero-order valence-corrected chi connectivity index (χ0v) is 15.8. The zero-order valence-electron chi connectivity index (χ0n) is 15.8. The average Bonchev–Trinajstić information content (AvgIpc) is 2.72.